The topological polar surface area (TPSA) is 49.3 Å². The molecule has 0 radical (unpaired) electrons. The highest BCUT2D eigenvalue weighted by molar-refractivity contribution is 7.99. The molecule has 0 aromatic heterocycles. The largest absolute Gasteiger partial charge is 0.390 e. The van der Waals surface area contributed by atoms with Gasteiger partial charge in [0.05, 0.1) is 12.3 Å². The number of rotatable bonds is 7. The van der Waals surface area contributed by atoms with Crippen LogP contribution in [0.15, 0.2) is 30.3 Å². The van der Waals surface area contributed by atoms with Crippen molar-refractivity contribution in [2.75, 3.05) is 18.9 Å². The molecule has 0 unspecified atom stereocenters. The molecular formula is C12H15F2NO2S. The van der Waals surface area contributed by atoms with Crippen LogP contribution >= 0.6 is 11.8 Å². The smallest absolute Gasteiger partial charge is 0.287 e. The van der Waals surface area contributed by atoms with Gasteiger partial charge in [0.15, 0.2) is 0 Å². The van der Waals surface area contributed by atoms with Gasteiger partial charge in [-0.3, -0.25) is 4.79 Å². The number of alkyl halides is 2. The standard InChI is InChI=1S/C12H15F2NO2S/c13-12(14,9-16)8-15-11(17)7-18-6-10-4-2-1-3-5-10/h1-5,16H,6-9H2,(H,15,17). The first-order valence-electron chi connectivity index (χ1n) is 5.40. The van der Waals surface area contributed by atoms with Gasteiger partial charge in [0.2, 0.25) is 5.91 Å². The van der Waals surface area contributed by atoms with E-state index in [4.69, 9.17) is 5.11 Å². The van der Waals surface area contributed by atoms with Gasteiger partial charge in [0.1, 0.15) is 6.61 Å². The van der Waals surface area contributed by atoms with Gasteiger partial charge >= 0.3 is 0 Å². The van der Waals surface area contributed by atoms with E-state index in [1.165, 1.54) is 11.8 Å². The number of hydrogen-bond donors (Lipinski definition) is 2. The molecule has 3 nitrogen and oxygen atoms in total. The molecule has 0 aliphatic heterocycles. The number of aliphatic hydroxyl groups excluding tert-OH is 1. The maximum Gasteiger partial charge on any atom is 0.287 e. The van der Waals surface area contributed by atoms with Crippen LogP contribution in [0.3, 0.4) is 0 Å². The lowest BCUT2D eigenvalue weighted by atomic mass is 10.2. The fourth-order valence-electron chi connectivity index (χ4n) is 1.17. The van der Waals surface area contributed by atoms with Gasteiger partial charge in [0, 0.05) is 5.75 Å². The number of benzene rings is 1. The zero-order valence-electron chi connectivity index (χ0n) is 9.73. The normalized spacial score (nSPS) is 11.3. The molecule has 0 spiro atoms. The lowest BCUT2D eigenvalue weighted by molar-refractivity contribution is -0.121. The minimum atomic E-state index is -3.25. The summed E-state index contributed by atoms with van der Waals surface area (Å²) in [5.41, 5.74) is 1.08. The second kappa shape index (κ2) is 7.33. The van der Waals surface area contributed by atoms with Crippen LogP contribution < -0.4 is 5.32 Å². The van der Waals surface area contributed by atoms with Crippen molar-refractivity contribution in [1.82, 2.24) is 5.32 Å². The van der Waals surface area contributed by atoms with Gasteiger partial charge in [-0.15, -0.1) is 11.8 Å². The van der Waals surface area contributed by atoms with Crippen LogP contribution in [0.1, 0.15) is 5.56 Å². The molecule has 1 rings (SSSR count). The Balaban J connectivity index is 2.18. The summed E-state index contributed by atoms with van der Waals surface area (Å²) in [5, 5.41) is 10.4. The molecule has 0 atom stereocenters. The van der Waals surface area contributed by atoms with Crippen molar-refractivity contribution >= 4 is 17.7 Å². The molecule has 1 amide bonds. The van der Waals surface area contributed by atoms with E-state index < -0.39 is 25.0 Å². The number of carbonyl (C=O) groups is 1. The first-order chi connectivity index (χ1) is 8.53. The van der Waals surface area contributed by atoms with Crippen LogP contribution in [-0.2, 0) is 10.5 Å². The third-order valence-corrected chi connectivity index (χ3v) is 3.12. The Bertz CT molecular complexity index is 374. The van der Waals surface area contributed by atoms with E-state index in [0.717, 1.165) is 5.56 Å². The third-order valence-electron chi connectivity index (χ3n) is 2.12. The Labute approximate surface area is 109 Å². The lowest BCUT2D eigenvalue weighted by Gasteiger charge is -2.13. The second-order valence-corrected chi connectivity index (χ2v) is 4.75. The number of thioether (sulfide) groups is 1. The summed E-state index contributed by atoms with van der Waals surface area (Å²) in [6, 6.07) is 9.57. The van der Waals surface area contributed by atoms with E-state index in [2.05, 4.69) is 5.32 Å². The number of amides is 1. The fraction of sp³-hybridized carbons (Fsp3) is 0.417. The highest BCUT2D eigenvalue weighted by atomic mass is 32.2. The summed E-state index contributed by atoms with van der Waals surface area (Å²) < 4.78 is 25.3. The van der Waals surface area contributed by atoms with Crippen LogP contribution in [0.5, 0.6) is 0 Å². The van der Waals surface area contributed by atoms with Gasteiger partial charge in [-0.25, -0.2) is 8.78 Å². The molecule has 0 aliphatic carbocycles. The highest BCUT2D eigenvalue weighted by Gasteiger charge is 2.27. The molecule has 6 heteroatoms. The van der Waals surface area contributed by atoms with Crippen LogP contribution in [0.25, 0.3) is 0 Å². The van der Waals surface area contributed by atoms with Crippen molar-refractivity contribution in [1.29, 1.82) is 0 Å². The summed E-state index contributed by atoms with van der Waals surface area (Å²) in [4.78, 5) is 11.2. The Morgan fingerprint density at radius 1 is 1.33 bits per heavy atom. The lowest BCUT2D eigenvalue weighted by Crippen LogP contribution is -2.39. The fourth-order valence-corrected chi connectivity index (χ4v) is 1.99. The molecular weight excluding hydrogens is 260 g/mol. The SMILES string of the molecule is O=C(CSCc1ccccc1)NCC(F)(F)CO. The number of nitrogens with one attached hydrogen (secondary N) is 1. The van der Waals surface area contributed by atoms with Crippen molar-refractivity contribution in [3.63, 3.8) is 0 Å². The highest BCUT2D eigenvalue weighted by Crippen LogP contribution is 2.12. The third kappa shape index (κ3) is 5.97. The second-order valence-electron chi connectivity index (χ2n) is 3.77. The molecule has 1 aromatic carbocycles. The summed E-state index contributed by atoms with van der Waals surface area (Å²) in [6.45, 7) is -2.08. The van der Waals surface area contributed by atoms with Crippen molar-refractivity contribution in [2.24, 2.45) is 0 Å². The van der Waals surface area contributed by atoms with Crippen LogP contribution in [0.4, 0.5) is 8.78 Å². The predicted octanol–water partition coefficient (Wildman–Crippen LogP) is 1.66. The van der Waals surface area contributed by atoms with E-state index in [0.29, 0.717) is 5.75 Å². The number of carbonyl (C=O) groups excluding carboxylic acids is 1. The van der Waals surface area contributed by atoms with Crippen LogP contribution in [0, 0.1) is 0 Å². The minimum absolute atomic E-state index is 0.121. The van der Waals surface area contributed by atoms with E-state index in [-0.39, 0.29) is 5.75 Å². The van der Waals surface area contributed by atoms with E-state index in [9.17, 15) is 13.6 Å². The van der Waals surface area contributed by atoms with Crippen molar-refractivity contribution in [3.05, 3.63) is 35.9 Å². The summed E-state index contributed by atoms with van der Waals surface area (Å²) in [5.74, 6) is -2.93. The molecule has 0 saturated heterocycles. The van der Waals surface area contributed by atoms with Gasteiger partial charge < -0.3 is 10.4 Å². The summed E-state index contributed by atoms with van der Waals surface area (Å²) in [6.07, 6.45) is 0. The molecule has 0 bridgehead atoms. The molecule has 1 aromatic rings. The molecule has 0 fully saturated rings. The monoisotopic (exact) mass is 275 g/mol. The van der Waals surface area contributed by atoms with Crippen molar-refractivity contribution in [3.8, 4) is 0 Å². The Kier molecular flexibility index (Phi) is 6.07. The molecule has 0 heterocycles. The van der Waals surface area contributed by atoms with Crippen molar-refractivity contribution in [2.45, 2.75) is 11.7 Å². The molecule has 18 heavy (non-hydrogen) atoms. The molecule has 0 saturated carbocycles. The number of aliphatic hydroxyl groups is 1. The zero-order valence-corrected chi connectivity index (χ0v) is 10.6. The average molecular weight is 275 g/mol. The van der Waals surface area contributed by atoms with E-state index >= 15 is 0 Å². The van der Waals surface area contributed by atoms with Gasteiger partial charge in [-0.1, -0.05) is 30.3 Å². The quantitative estimate of drug-likeness (QED) is 0.795. The zero-order chi connectivity index (χ0) is 13.4. The minimum Gasteiger partial charge on any atom is -0.390 e. The van der Waals surface area contributed by atoms with Crippen LogP contribution in [0.2, 0.25) is 0 Å². The van der Waals surface area contributed by atoms with Crippen LogP contribution in [-0.4, -0.2) is 35.8 Å². The maximum atomic E-state index is 12.6. The van der Waals surface area contributed by atoms with Crippen molar-refractivity contribution < 1.29 is 18.7 Å². The molecule has 2 N–H and O–H groups in total. The first kappa shape index (κ1) is 14.9. The Hall–Kier alpha value is -1.14. The number of hydrogen-bond acceptors (Lipinski definition) is 3. The molecule has 100 valence electrons. The Morgan fingerprint density at radius 3 is 2.61 bits per heavy atom. The number of halogens is 2. The Morgan fingerprint density at radius 2 is 2.00 bits per heavy atom. The van der Waals surface area contributed by atoms with Gasteiger partial charge in [-0.05, 0) is 5.56 Å². The predicted molar refractivity (Wildman–Crippen MR) is 67.6 cm³/mol. The van der Waals surface area contributed by atoms with Gasteiger partial charge in [-0.2, -0.15) is 0 Å². The average Bonchev–Trinajstić information content (AvgIpc) is 2.38. The van der Waals surface area contributed by atoms with E-state index in [1.54, 1.807) is 0 Å². The summed E-state index contributed by atoms with van der Waals surface area (Å²) in [7, 11) is 0. The first-order valence-corrected chi connectivity index (χ1v) is 6.56. The summed E-state index contributed by atoms with van der Waals surface area (Å²) >= 11 is 1.35. The van der Waals surface area contributed by atoms with E-state index in [1.807, 2.05) is 30.3 Å². The molecule has 0 aliphatic rings. The maximum absolute atomic E-state index is 12.6. The van der Waals surface area contributed by atoms with Gasteiger partial charge in [0.25, 0.3) is 5.92 Å².